The van der Waals surface area contributed by atoms with Gasteiger partial charge in [0.2, 0.25) is 0 Å². The fraction of sp³-hybridized carbons (Fsp3) is 0.538. The number of hydrogen-bond donors (Lipinski definition) is 1. The second-order valence-electron chi connectivity index (χ2n) is 4.55. The molecule has 1 aromatic rings. The van der Waals surface area contributed by atoms with Crippen LogP contribution in [0.1, 0.15) is 24.1 Å². The van der Waals surface area contributed by atoms with E-state index in [1.54, 1.807) is 19.1 Å². The molecule has 1 N–H and O–H groups in total. The van der Waals surface area contributed by atoms with E-state index in [1.165, 1.54) is 0 Å². The Morgan fingerprint density at radius 1 is 1.33 bits per heavy atom. The Balaban J connectivity index is 0.00000162. The first-order chi connectivity index (χ1) is 8.11. The highest BCUT2D eigenvalue weighted by Gasteiger charge is 2.23. The summed E-state index contributed by atoms with van der Waals surface area (Å²) >= 11 is 6.13. The van der Waals surface area contributed by atoms with Crippen LogP contribution in [0.2, 0.25) is 5.02 Å². The molecule has 0 radical (unpaired) electrons. The van der Waals surface area contributed by atoms with Crippen LogP contribution in [0.15, 0.2) is 12.1 Å². The molecule has 5 heteroatoms. The van der Waals surface area contributed by atoms with Crippen LogP contribution >= 0.6 is 24.0 Å². The van der Waals surface area contributed by atoms with Crippen LogP contribution in [0.5, 0.6) is 0 Å². The Labute approximate surface area is 119 Å². The van der Waals surface area contributed by atoms with E-state index in [-0.39, 0.29) is 24.3 Å². The quantitative estimate of drug-likeness (QED) is 0.901. The lowest BCUT2D eigenvalue weighted by molar-refractivity contribution is 0.182. The topological polar surface area (TPSA) is 15.3 Å². The third-order valence-electron chi connectivity index (χ3n) is 3.44. The number of rotatable bonds is 2. The van der Waals surface area contributed by atoms with Gasteiger partial charge in [0.05, 0.1) is 0 Å². The van der Waals surface area contributed by atoms with Crippen molar-refractivity contribution in [2.45, 2.75) is 19.9 Å². The maximum atomic E-state index is 14.1. The summed E-state index contributed by atoms with van der Waals surface area (Å²) in [7, 11) is 0. The smallest absolute Gasteiger partial charge is 0.132 e. The summed E-state index contributed by atoms with van der Waals surface area (Å²) in [6.07, 6.45) is 0. The average Bonchev–Trinajstić information content (AvgIpc) is 2.35. The van der Waals surface area contributed by atoms with E-state index in [0.29, 0.717) is 16.1 Å². The predicted molar refractivity (Wildman–Crippen MR) is 76.3 cm³/mol. The summed E-state index contributed by atoms with van der Waals surface area (Å²) in [4.78, 5) is 2.26. The van der Waals surface area contributed by atoms with Crippen LogP contribution in [0, 0.1) is 12.7 Å². The normalized spacial score (nSPS) is 18.2. The van der Waals surface area contributed by atoms with Gasteiger partial charge in [-0.05, 0) is 25.5 Å². The Kier molecular flexibility index (Phi) is 5.86. The SMILES string of the molecule is Cc1ccc(Cl)c([C@@H](C)N2CCNCC2)c1F.Cl. The molecule has 18 heavy (non-hydrogen) atoms. The standard InChI is InChI=1S/C13H18ClFN2.ClH/c1-9-3-4-11(14)12(13(9)15)10(2)17-7-5-16-6-8-17;/h3-4,10,16H,5-8H2,1-2H3;1H/t10-;/m1./s1. The van der Waals surface area contributed by atoms with E-state index >= 15 is 0 Å². The second-order valence-corrected chi connectivity index (χ2v) is 4.96. The number of nitrogens with zero attached hydrogens (tertiary/aromatic N) is 1. The van der Waals surface area contributed by atoms with Crippen LogP contribution in [0.25, 0.3) is 0 Å². The summed E-state index contributed by atoms with van der Waals surface area (Å²) in [5.41, 5.74) is 1.29. The van der Waals surface area contributed by atoms with E-state index < -0.39 is 0 Å². The number of halogens is 3. The fourth-order valence-electron chi connectivity index (χ4n) is 2.31. The summed E-state index contributed by atoms with van der Waals surface area (Å²) in [6.45, 7) is 7.58. The van der Waals surface area contributed by atoms with E-state index in [1.807, 2.05) is 6.92 Å². The van der Waals surface area contributed by atoms with E-state index in [2.05, 4.69) is 10.2 Å². The summed E-state index contributed by atoms with van der Waals surface area (Å²) < 4.78 is 14.1. The first kappa shape index (κ1) is 15.7. The van der Waals surface area contributed by atoms with Crippen molar-refractivity contribution in [1.82, 2.24) is 10.2 Å². The van der Waals surface area contributed by atoms with E-state index in [0.717, 1.165) is 26.2 Å². The zero-order valence-electron chi connectivity index (χ0n) is 10.7. The van der Waals surface area contributed by atoms with Gasteiger partial charge >= 0.3 is 0 Å². The van der Waals surface area contributed by atoms with Gasteiger partial charge in [-0.2, -0.15) is 0 Å². The van der Waals surface area contributed by atoms with Gasteiger partial charge in [0.1, 0.15) is 5.82 Å². The predicted octanol–water partition coefficient (Wildman–Crippen LogP) is 3.18. The molecule has 102 valence electrons. The molecular weight excluding hydrogens is 274 g/mol. The van der Waals surface area contributed by atoms with Crippen molar-refractivity contribution in [2.24, 2.45) is 0 Å². The van der Waals surface area contributed by atoms with Gasteiger partial charge in [-0.15, -0.1) is 12.4 Å². The van der Waals surface area contributed by atoms with Crippen molar-refractivity contribution in [3.8, 4) is 0 Å². The first-order valence-corrected chi connectivity index (χ1v) is 6.38. The Morgan fingerprint density at radius 3 is 2.56 bits per heavy atom. The van der Waals surface area contributed by atoms with Crippen LogP contribution in [0.4, 0.5) is 4.39 Å². The minimum atomic E-state index is -0.163. The zero-order valence-corrected chi connectivity index (χ0v) is 12.2. The van der Waals surface area contributed by atoms with Crippen LogP contribution < -0.4 is 5.32 Å². The first-order valence-electron chi connectivity index (χ1n) is 6.00. The monoisotopic (exact) mass is 292 g/mol. The van der Waals surface area contributed by atoms with Crippen LogP contribution in [-0.4, -0.2) is 31.1 Å². The van der Waals surface area contributed by atoms with Crippen molar-refractivity contribution in [3.05, 3.63) is 34.1 Å². The van der Waals surface area contributed by atoms with Gasteiger partial charge in [-0.25, -0.2) is 4.39 Å². The maximum absolute atomic E-state index is 14.1. The number of nitrogens with one attached hydrogen (secondary N) is 1. The van der Waals surface area contributed by atoms with Gasteiger partial charge in [0.15, 0.2) is 0 Å². The lowest BCUT2D eigenvalue weighted by Crippen LogP contribution is -2.44. The highest BCUT2D eigenvalue weighted by atomic mass is 35.5. The second kappa shape index (κ2) is 6.71. The van der Waals surface area contributed by atoms with E-state index in [4.69, 9.17) is 11.6 Å². The molecule has 0 saturated carbocycles. The van der Waals surface area contributed by atoms with Crippen LogP contribution in [-0.2, 0) is 0 Å². The largest absolute Gasteiger partial charge is 0.314 e. The van der Waals surface area contributed by atoms with Gasteiger partial charge in [-0.1, -0.05) is 17.7 Å². The Hall–Kier alpha value is -0.350. The number of benzene rings is 1. The third-order valence-corrected chi connectivity index (χ3v) is 3.77. The average molecular weight is 293 g/mol. The molecule has 1 heterocycles. The minimum absolute atomic E-state index is 0. The van der Waals surface area contributed by atoms with Crippen molar-refractivity contribution in [3.63, 3.8) is 0 Å². The molecule has 1 fully saturated rings. The molecule has 0 unspecified atom stereocenters. The number of piperazine rings is 1. The minimum Gasteiger partial charge on any atom is -0.314 e. The molecular formula is C13H19Cl2FN2. The fourth-order valence-corrected chi connectivity index (χ4v) is 2.62. The lowest BCUT2D eigenvalue weighted by Gasteiger charge is -2.33. The lowest BCUT2D eigenvalue weighted by atomic mass is 10.0. The Bertz CT molecular complexity index is 406. The molecule has 1 atom stereocenters. The highest BCUT2D eigenvalue weighted by molar-refractivity contribution is 6.31. The van der Waals surface area contributed by atoms with Crippen molar-refractivity contribution in [2.75, 3.05) is 26.2 Å². The molecule has 0 bridgehead atoms. The zero-order chi connectivity index (χ0) is 12.4. The molecule has 1 aliphatic rings. The molecule has 1 saturated heterocycles. The summed E-state index contributed by atoms with van der Waals surface area (Å²) in [5, 5.41) is 3.82. The van der Waals surface area contributed by atoms with Gasteiger partial charge in [0, 0.05) is 42.8 Å². The molecule has 0 aromatic heterocycles. The molecule has 1 aliphatic heterocycles. The van der Waals surface area contributed by atoms with Crippen molar-refractivity contribution < 1.29 is 4.39 Å². The van der Waals surface area contributed by atoms with E-state index in [9.17, 15) is 4.39 Å². The molecule has 0 spiro atoms. The van der Waals surface area contributed by atoms with Crippen molar-refractivity contribution in [1.29, 1.82) is 0 Å². The maximum Gasteiger partial charge on any atom is 0.132 e. The van der Waals surface area contributed by atoms with Crippen molar-refractivity contribution >= 4 is 24.0 Å². The molecule has 0 aliphatic carbocycles. The summed E-state index contributed by atoms with van der Waals surface area (Å²) in [6, 6.07) is 3.55. The Morgan fingerprint density at radius 2 is 1.94 bits per heavy atom. The van der Waals surface area contributed by atoms with Crippen LogP contribution in [0.3, 0.4) is 0 Å². The van der Waals surface area contributed by atoms with Gasteiger partial charge < -0.3 is 5.32 Å². The number of aryl methyl sites for hydroxylation is 1. The number of hydrogen-bond acceptors (Lipinski definition) is 2. The van der Waals surface area contributed by atoms with Gasteiger partial charge in [0.25, 0.3) is 0 Å². The molecule has 1 aromatic carbocycles. The summed E-state index contributed by atoms with van der Waals surface area (Å²) in [5.74, 6) is -0.163. The molecule has 2 nitrogen and oxygen atoms in total. The molecule has 0 amide bonds. The van der Waals surface area contributed by atoms with Gasteiger partial charge in [-0.3, -0.25) is 4.90 Å². The molecule has 2 rings (SSSR count). The highest BCUT2D eigenvalue weighted by Crippen LogP contribution is 2.31. The third kappa shape index (κ3) is 3.15.